The van der Waals surface area contributed by atoms with Crippen molar-refractivity contribution in [3.63, 3.8) is 0 Å². The third-order valence-electron chi connectivity index (χ3n) is 3.81. The van der Waals surface area contributed by atoms with Gasteiger partial charge in [0.25, 0.3) is 5.91 Å². The highest BCUT2D eigenvalue weighted by molar-refractivity contribution is 5.94. The molecule has 1 aromatic heterocycles. The molecule has 114 valence electrons. The second kappa shape index (κ2) is 7.17. The first-order valence-electron chi connectivity index (χ1n) is 7.29. The van der Waals surface area contributed by atoms with Crippen LogP contribution in [-0.2, 0) is 11.3 Å². The molecule has 21 heavy (non-hydrogen) atoms. The lowest BCUT2D eigenvalue weighted by Crippen LogP contribution is -2.41. The summed E-state index contributed by atoms with van der Waals surface area (Å²) in [6.45, 7) is 4.01. The Labute approximate surface area is 124 Å². The van der Waals surface area contributed by atoms with Gasteiger partial charge < -0.3 is 16.0 Å². The largest absolute Gasteiger partial charge is 0.356 e. The normalized spacial score (nSPS) is 15.8. The molecule has 2 amide bonds. The minimum Gasteiger partial charge on any atom is -0.356 e. The maximum Gasteiger partial charge on any atom is 0.253 e. The predicted molar refractivity (Wildman–Crippen MR) is 79.4 cm³/mol. The monoisotopic (exact) mass is 290 g/mol. The van der Waals surface area contributed by atoms with E-state index in [1.165, 1.54) is 6.92 Å². The van der Waals surface area contributed by atoms with E-state index in [2.05, 4.69) is 10.3 Å². The number of nitrogens with one attached hydrogen (secondary N) is 1. The first kappa shape index (κ1) is 15.4. The summed E-state index contributed by atoms with van der Waals surface area (Å²) in [7, 11) is 0. The van der Waals surface area contributed by atoms with Crippen molar-refractivity contribution in [1.82, 2.24) is 15.2 Å². The summed E-state index contributed by atoms with van der Waals surface area (Å²) < 4.78 is 0. The van der Waals surface area contributed by atoms with E-state index in [1.54, 1.807) is 18.3 Å². The van der Waals surface area contributed by atoms with E-state index in [-0.39, 0.29) is 11.8 Å². The zero-order chi connectivity index (χ0) is 15.2. The van der Waals surface area contributed by atoms with E-state index in [1.807, 2.05) is 4.90 Å². The van der Waals surface area contributed by atoms with Gasteiger partial charge in [-0.25, -0.2) is 0 Å². The van der Waals surface area contributed by atoms with Crippen molar-refractivity contribution in [2.24, 2.45) is 11.7 Å². The highest BCUT2D eigenvalue weighted by atomic mass is 16.2. The predicted octanol–water partition coefficient (Wildman–Crippen LogP) is 0.529. The van der Waals surface area contributed by atoms with E-state index in [4.69, 9.17) is 5.73 Å². The Morgan fingerprint density at radius 1 is 1.43 bits per heavy atom. The van der Waals surface area contributed by atoms with E-state index >= 15 is 0 Å². The Morgan fingerprint density at radius 2 is 2.14 bits per heavy atom. The number of likely N-dealkylation sites (tertiary alicyclic amines) is 1. The first-order valence-corrected chi connectivity index (χ1v) is 7.29. The first-order chi connectivity index (χ1) is 10.1. The van der Waals surface area contributed by atoms with Gasteiger partial charge in [0.2, 0.25) is 5.91 Å². The Bertz CT molecular complexity index is 510. The fraction of sp³-hybridized carbons (Fsp3) is 0.533. The van der Waals surface area contributed by atoms with Crippen LogP contribution in [0.1, 0.15) is 35.8 Å². The maximum atomic E-state index is 12.4. The van der Waals surface area contributed by atoms with Gasteiger partial charge in [-0.05, 0) is 30.9 Å². The number of nitrogens with zero attached hydrogens (tertiary/aromatic N) is 2. The molecule has 2 heterocycles. The van der Waals surface area contributed by atoms with Crippen LogP contribution in [0.5, 0.6) is 0 Å². The Balaban J connectivity index is 1.89. The van der Waals surface area contributed by atoms with Gasteiger partial charge in [0, 0.05) is 44.9 Å². The number of pyridine rings is 1. The summed E-state index contributed by atoms with van der Waals surface area (Å²) in [6, 6.07) is 3.48. The number of aromatic nitrogens is 1. The molecule has 0 unspecified atom stereocenters. The summed E-state index contributed by atoms with van der Waals surface area (Å²) in [5, 5.41) is 2.84. The van der Waals surface area contributed by atoms with Gasteiger partial charge in [0.15, 0.2) is 0 Å². The molecule has 0 aliphatic carbocycles. The zero-order valence-corrected chi connectivity index (χ0v) is 12.3. The molecule has 0 saturated carbocycles. The third-order valence-corrected chi connectivity index (χ3v) is 3.81. The smallest absolute Gasteiger partial charge is 0.253 e. The molecule has 1 saturated heterocycles. The fourth-order valence-corrected chi connectivity index (χ4v) is 2.53. The quantitative estimate of drug-likeness (QED) is 0.846. The van der Waals surface area contributed by atoms with E-state index in [9.17, 15) is 9.59 Å². The molecule has 6 nitrogen and oxygen atoms in total. The van der Waals surface area contributed by atoms with E-state index in [0.29, 0.717) is 24.6 Å². The lowest BCUT2D eigenvalue weighted by atomic mass is 9.96. The van der Waals surface area contributed by atoms with Gasteiger partial charge in [0.05, 0.1) is 5.69 Å². The minimum atomic E-state index is -0.000365. The SMILES string of the molecule is CC(=O)NCC1CCN(C(=O)c2ccnc(CN)c2)CC1. The molecule has 1 aliphatic rings. The van der Waals surface area contributed by atoms with Gasteiger partial charge in [-0.1, -0.05) is 0 Å². The Morgan fingerprint density at radius 3 is 2.76 bits per heavy atom. The molecule has 1 aliphatic heterocycles. The topological polar surface area (TPSA) is 88.3 Å². The summed E-state index contributed by atoms with van der Waals surface area (Å²) in [6.07, 6.45) is 3.46. The molecule has 0 radical (unpaired) electrons. The van der Waals surface area contributed by atoms with Crippen molar-refractivity contribution in [2.75, 3.05) is 19.6 Å². The highest BCUT2D eigenvalue weighted by Crippen LogP contribution is 2.18. The number of piperidine rings is 1. The Kier molecular flexibility index (Phi) is 5.27. The van der Waals surface area contributed by atoms with Gasteiger partial charge in [0.1, 0.15) is 0 Å². The standard InChI is InChI=1S/C15H22N4O2/c1-11(20)18-10-12-3-6-19(7-4-12)15(21)13-2-5-17-14(8-13)9-16/h2,5,8,12H,3-4,6-7,9-10,16H2,1H3,(H,18,20). The number of rotatable bonds is 4. The molecule has 0 spiro atoms. The lowest BCUT2D eigenvalue weighted by molar-refractivity contribution is -0.119. The summed E-state index contributed by atoms with van der Waals surface area (Å²) in [5.74, 6) is 0.486. The molecule has 3 N–H and O–H groups in total. The van der Waals surface area contributed by atoms with Crippen LogP contribution < -0.4 is 11.1 Å². The van der Waals surface area contributed by atoms with Crippen molar-refractivity contribution in [2.45, 2.75) is 26.3 Å². The van der Waals surface area contributed by atoms with Crippen LogP contribution in [0.3, 0.4) is 0 Å². The van der Waals surface area contributed by atoms with Crippen LogP contribution in [0.25, 0.3) is 0 Å². The van der Waals surface area contributed by atoms with Crippen LogP contribution in [0.15, 0.2) is 18.3 Å². The van der Waals surface area contributed by atoms with E-state index < -0.39 is 0 Å². The molecule has 0 aromatic carbocycles. The van der Waals surface area contributed by atoms with Crippen molar-refractivity contribution in [1.29, 1.82) is 0 Å². The lowest BCUT2D eigenvalue weighted by Gasteiger charge is -2.32. The van der Waals surface area contributed by atoms with Crippen molar-refractivity contribution < 1.29 is 9.59 Å². The number of nitrogens with two attached hydrogens (primary N) is 1. The summed E-state index contributed by atoms with van der Waals surface area (Å²) in [4.78, 5) is 29.3. The number of hydrogen-bond donors (Lipinski definition) is 2. The molecule has 2 rings (SSSR count). The fourth-order valence-electron chi connectivity index (χ4n) is 2.53. The number of carbonyl (C=O) groups is 2. The van der Waals surface area contributed by atoms with Crippen molar-refractivity contribution in [3.05, 3.63) is 29.6 Å². The number of amides is 2. The molecule has 6 heteroatoms. The van der Waals surface area contributed by atoms with Crippen LogP contribution in [-0.4, -0.2) is 41.3 Å². The summed E-state index contributed by atoms with van der Waals surface area (Å²) in [5.41, 5.74) is 6.92. The molecule has 1 fully saturated rings. The zero-order valence-electron chi connectivity index (χ0n) is 12.3. The second-order valence-corrected chi connectivity index (χ2v) is 5.41. The van der Waals surface area contributed by atoms with Crippen molar-refractivity contribution in [3.8, 4) is 0 Å². The van der Waals surface area contributed by atoms with Gasteiger partial charge in [-0.3, -0.25) is 14.6 Å². The molecular formula is C15H22N4O2. The third kappa shape index (κ3) is 4.26. The molecule has 0 bridgehead atoms. The number of hydrogen-bond acceptors (Lipinski definition) is 4. The number of carbonyl (C=O) groups excluding carboxylic acids is 2. The minimum absolute atomic E-state index is 0.000365. The van der Waals surface area contributed by atoms with Crippen LogP contribution >= 0.6 is 0 Å². The maximum absolute atomic E-state index is 12.4. The highest BCUT2D eigenvalue weighted by Gasteiger charge is 2.23. The molecular weight excluding hydrogens is 268 g/mol. The summed E-state index contributed by atoms with van der Waals surface area (Å²) >= 11 is 0. The van der Waals surface area contributed by atoms with Crippen LogP contribution in [0.4, 0.5) is 0 Å². The molecule has 1 aromatic rings. The van der Waals surface area contributed by atoms with Crippen LogP contribution in [0.2, 0.25) is 0 Å². The Hall–Kier alpha value is -1.95. The average molecular weight is 290 g/mol. The van der Waals surface area contributed by atoms with Gasteiger partial charge in [-0.15, -0.1) is 0 Å². The molecule has 0 atom stereocenters. The van der Waals surface area contributed by atoms with Gasteiger partial charge >= 0.3 is 0 Å². The van der Waals surface area contributed by atoms with Gasteiger partial charge in [-0.2, -0.15) is 0 Å². The van der Waals surface area contributed by atoms with Crippen LogP contribution in [0, 0.1) is 5.92 Å². The average Bonchev–Trinajstić information content (AvgIpc) is 2.52. The van der Waals surface area contributed by atoms with Crippen molar-refractivity contribution >= 4 is 11.8 Å². The van der Waals surface area contributed by atoms with E-state index in [0.717, 1.165) is 31.6 Å². The second-order valence-electron chi connectivity index (χ2n) is 5.41.